The predicted molar refractivity (Wildman–Crippen MR) is 107 cm³/mol. The molecule has 1 saturated heterocycles. The summed E-state index contributed by atoms with van der Waals surface area (Å²) in [6, 6.07) is 14.6. The van der Waals surface area contributed by atoms with E-state index in [0.717, 1.165) is 16.0 Å². The van der Waals surface area contributed by atoms with Crippen LogP contribution in [-0.2, 0) is 4.79 Å². The van der Waals surface area contributed by atoms with Crippen molar-refractivity contribution in [2.24, 2.45) is 5.73 Å². The molecule has 3 unspecified atom stereocenters. The molecule has 2 aromatic rings. The fraction of sp³-hybridized carbons (Fsp3) is 0.364. The molecule has 3 atom stereocenters. The maximum Gasteiger partial charge on any atom is 0.406 e. The minimum Gasteiger partial charge on any atom is -0.478 e. The van der Waals surface area contributed by atoms with Crippen molar-refractivity contribution in [3.8, 4) is 0 Å². The van der Waals surface area contributed by atoms with Gasteiger partial charge in [-0.2, -0.15) is 13.2 Å². The van der Waals surface area contributed by atoms with Crippen LogP contribution >= 0.6 is 0 Å². The van der Waals surface area contributed by atoms with Crippen LogP contribution in [0.15, 0.2) is 54.6 Å². The molecule has 1 aliphatic heterocycles. The van der Waals surface area contributed by atoms with Crippen LogP contribution in [0.25, 0.3) is 0 Å². The van der Waals surface area contributed by atoms with E-state index >= 15 is 0 Å². The highest BCUT2D eigenvalue weighted by molar-refractivity contribution is 5.87. The first kappa shape index (κ1) is 23.4. The fourth-order valence-electron chi connectivity index (χ4n) is 3.43. The molecule has 0 spiro atoms. The molecule has 1 heterocycles. The number of rotatable bonds is 3. The molecular formula is C22H25F3N2O3. The quantitative estimate of drug-likeness (QED) is 0.784. The zero-order valence-electron chi connectivity index (χ0n) is 16.8. The average molecular weight is 422 g/mol. The maximum atomic E-state index is 12.6. The molecule has 0 radical (unpaired) electrons. The molecule has 1 fully saturated rings. The molecule has 0 aliphatic carbocycles. The monoisotopic (exact) mass is 422 g/mol. The predicted octanol–water partition coefficient (Wildman–Crippen LogP) is 3.97. The van der Waals surface area contributed by atoms with E-state index in [9.17, 15) is 22.8 Å². The second-order valence-corrected chi connectivity index (χ2v) is 7.35. The van der Waals surface area contributed by atoms with Gasteiger partial charge in [0.2, 0.25) is 5.91 Å². The summed E-state index contributed by atoms with van der Waals surface area (Å²) in [6.45, 7) is 2.32. The zero-order chi connectivity index (χ0) is 22.5. The van der Waals surface area contributed by atoms with Gasteiger partial charge in [-0.25, -0.2) is 4.79 Å². The number of hydrogen-bond acceptors (Lipinski definition) is 3. The van der Waals surface area contributed by atoms with E-state index in [4.69, 9.17) is 10.8 Å². The number of hydrogen-bond donors (Lipinski definition) is 2. The summed E-state index contributed by atoms with van der Waals surface area (Å²) in [5.41, 5.74) is 8.04. The van der Waals surface area contributed by atoms with Gasteiger partial charge >= 0.3 is 12.1 Å². The third kappa shape index (κ3) is 6.32. The number of carboxylic acids is 1. The molecule has 3 rings (SSSR count). The van der Waals surface area contributed by atoms with Gasteiger partial charge in [0, 0.05) is 12.0 Å². The number of likely N-dealkylation sites (tertiary alicyclic amines) is 1. The molecule has 30 heavy (non-hydrogen) atoms. The van der Waals surface area contributed by atoms with Crippen molar-refractivity contribution >= 4 is 11.9 Å². The Hall–Kier alpha value is -2.87. The van der Waals surface area contributed by atoms with Crippen molar-refractivity contribution in [1.82, 2.24) is 4.90 Å². The van der Waals surface area contributed by atoms with Crippen molar-refractivity contribution in [1.29, 1.82) is 0 Å². The van der Waals surface area contributed by atoms with Gasteiger partial charge < -0.3 is 15.7 Å². The molecule has 5 nitrogen and oxygen atoms in total. The number of halogens is 3. The molecule has 3 N–H and O–H groups in total. The average Bonchev–Trinajstić information content (AvgIpc) is 2.69. The van der Waals surface area contributed by atoms with Gasteiger partial charge in [-0.05, 0) is 38.0 Å². The molecule has 0 bridgehead atoms. The Morgan fingerprint density at radius 2 is 1.70 bits per heavy atom. The Balaban J connectivity index is 0.000000269. The number of nitrogens with two attached hydrogens (primary N) is 1. The van der Waals surface area contributed by atoms with Gasteiger partial charge in [0.05, 0.1) is 11.6 Å². The second-order valence-electron chi connectivity index (χ2n) is 7.35. The Morgan fingerprint density at radius 3 is 2.20 bits per heavy atom. The molecule has 2 aromatic carbocycles. The van der Waals surface area contributed by atoms with Crippen molar-refractivity contribution in [2.75, 3.05) is 6.54 Å². The number of aromatic carboxylic acids is 1. The van der Waals surface area contributed by atoms with Crippen LogP contribution in [0.4, 0.5) is 13.2 Å². The number of alkyl halides is 3. The number of benzene rings is 2. The molecular weight excluding hydrogens is 397 g/mol. The first-order chi connectivity index (χ1) is 14.0. The lowest BCUT2D eigenvalue weighted by Crippen LogP contribution is -2.57. The first-order valence-corrected chi connectivity index (χ1v) is 9.47. The lowest BCUT2D eigenvalue weighted by molar-refractivity contribution is -0.170. The van der Waals surface area contributed by atoms with Gasteiger partial charge in [0.1, 0.15) is 6.54 Å². The highest BCUT2D eigenvalue weighted by Crippen LogP contribution is 2.34. The number of nitrogens with zero attached hydrogens (tertiary/aromatic N) is 1. The van der Waals surface area contributed by atoms with Crippen molar-refractivity contribution in [3.63, 3.8) is 0 Å². The minimum atomic E-state index is -4.41. The SMILES string of the molecule is CC1C(c2ccccc2)CC(N)C(=O)N1CC(F)(F)F.Cc1ccc(C(=O)O)cc1. The van der Waals surface area contributed by atoms with E-state index in [1.165, 1.54) is 0 Å². The lowest BCUT2D eigenvalue weighted by atomic mass is 9.82. The van der Waals surface area contributed by atoms with Gasteiger partial charge in [0.25, 0.3) is 0 Å². The summed E-state index contributed by atoms with van der Waals surface area (Å²) >= 11 is 0. The Bertz CT molecular complexity index is 854. The van der Waals surface area contributed by atoms with Crippen LogP contribution < -0.4 is 5.73 Å². The topological polar surface area (TPSA) is 83.6 Å². The van der Waals surface area contributed by atoms with Gasteiger partial charge in [0.15, 0.2) is 0 Å². The van der Waals surface area contributed by atoms with Crippen LogP contribution in [0.3, 0.4) is 0 Å². The normalized spacial score (nSPS) is 21.6. The van der Waals surface area contributed by atoms with E-state index in [0.29, 0.717) is 12.0 Å². The van der Waals surface area contributed by atoms with Crippen molar-refractivity contribution in [3.05, 3.63) is 71.3 Å². The number of piperidine rings is 1. The molecule has 1 aliphatic rings. The number of carbonyl (C=O) groups excluding carboxylic acids is 1. The van der Waals surface area contributed by atoms with Crippen LogP contribution in [0.1, 0.15) is 40.7 Å². The molecule has 8 heteroatoms. The largest absolute Gasteiger partial charge is 0.478 e. The summed E-state index contributed by atoms with van der Waals surface area (Å²) in [5.74, 6) is -1.67. The van der Waals surface area contributed by atoms with E-state index in [1.807, 2.05) is 37.3 Å². The maximum absolute atomic E-state index is 12.6. The number of aryl methyl sites for hydroxylation is 1. The standard InChI is InChI=1S/C14H17F3N2O.C8H8O2/c1-9-11(10-5-3-2-4-6-10)7-12(18)13(20)19(9)8-14(15,16)17;1-6-2-4-7(5-3-6)8(9)10/h2-6,9,11-12H,7-8,18H2,1H3;2-5H,1H3,(H,9,10). The van der Waals surface area contributed by atoms with Gasteiger partial charge in [-0.1, -0.05) is 48.0 Å². The lowest BCUT2D eigenvalue weighted by Gasteiger charge is -2.42. The Labute approximate surface area is 173 Å². The third-order valence-corrected chi connectivity index (χ3v) is 5.06. The minimum absolute atomic E-state index is 0.175. The summed E-state index contributed by atoms with van der Waals surface area (Å²) in [7, 11) is 0. The highest BCUT2D eigenvalue weighted by atomic mass is 19.4. The summed E-state index contributed by atoms with van der Waals surface area (Å²) in [6.07, 6.45) is -4.04. The Kier molecular flexibility index (Phi) is 7.61. The van der Waals surface area contributed by atoms with Crippen LogP contribution in [0.2, 0.25) is 0 Å². The van der Waals surface area contributed by atoms with Crippen LogP contribution in [0, 0.1) is 6.92 Å². The first-order valence-electron chi connectivity index (χ1n) is 9.47. The van der Waals surface area contributed by atoms with E-state index < -0.39 is 36.7 Å². The smallest absolute Gasteiger partial charge is 0.406 e. The van der Waals surface area contributed by atoms with E-state index in [-0.39, 0.29) is 5.92 Å². The Morgan fingerprint density at radius 1 is 1.13 bits per heavy atom. The molecule has 1 amide bonds. The zero-order valence-corrected chi connectivity index (χ0v) is 16.8. The highest BCUT2D eigenvalue weighted by Gasteiger charge is 2.43. The van der Waals surface area contributed by atoms with Gasteiger partial charge in [-0.3, -0.25) is 4.79 Å². The number of carbonyl (C=O) groups is 2. The second kappa shape index (κ2) is 9.75. The number of carboxylic acid groups (broad SMARTS) is 1. The third-order valence-electron chi connectivity index (χ3n) is 5.06. The van der Waals surface area contributed by atoms with Crippen molar-refractivity contribution in [2.45, 2.75) is 44.4 Å². The molecule has 162 valence electrons. The summed E-state index contributed by atoms with van der Waals surface area (Å²) < 4.78 is 37.8. The number of amides is 1. The fourth-order valence-corrected chi connectivity index (χ4v) is 3.43. The summed E-state index contributed by atoms with van der Waals surface area (Å²) in [5, 5.41) is 8.48. The van der Waals surface area contributed by atoms with Crippen LogP contribution in [0.5, 0.6) is 0 Å². The van der Waals surface area contributed by atoms with E-state index in [2.05, 4.69) is 0 Å². The van der Waals surface area contributed by atoms with Gasteiger partial charge in [-0.15, -0.1) is 0 Å². The molecule has 0 aromatic heterocycles. The molecule has 0 saturated carbocycles. The summed E-state index contributed by atoms with van der Waals surface area (Å²) in [4.78, 5) is 23.1. The van der Waals surface area contributed by atoms with E-state index in [1.54, 1.807) is 31.2 Å². The van der Waals surface area contributed by atoms with Crippen molar-refractivity contribution < 1.29 is 27.9 Å². The van der Waals surface area contributed by atoms with Crippen LogP contribution in [-0.4, -0.2) is 46.7 Å².